The number of fused-ring (bicyclic) bond motifs is 1. The molecule has 2 aliphatic rings. The van der Waals surface area contributed by atoms with Gasteiger partial charge in [-0.2, -0.15) is 0 Å². The molecule has 1 fully saturated rings. The fraction of sp³-hybridized carbons (Fsp3) is 0.440. The molecule has 0 aliphatic carbocycles. The van der Waals surface area contributed by atoms with Crippen LogP contribution in [0.4, 0.5) is 0 Å². The Morgan fingerprint density at radius 2 is 1.80 bits per heavy atom. The minimum Gasteiger partial charge on any atom is -0.351 e. The molecule has 1 atom stereocenters. The maximum atomic E-state index is 13.5. The number of carbonyl (C=O) groups excluding carboxylic acids is 2. The lowest BCUT2D eigenvalue weighted by Gasteiger charge is -2.39. The number of likely N-dealkylation sites (tertiary alicyclic amines) is 1. The highest BCUT2D eigenvalue weighted by atomic mass is 16.2. The summed E-state index contributed by atoms with van der Waals surface area (Å²) in [5.41, 5.74) is 4.56. The van der Waals surface area contributed by atoms with Crippen LogP contribution in [0.25, 0.3) is 0 Å². The summed E-state index contributed by atoms with van der Waals surface area (Å²) in [6.45, 7) is 5.17. The summed E-state index contributed by atoms with van der Waals surface area (Å²) in [5, 5.41) is 3.03. The van der Waals surface area contributed by atoms with E-state index in [4.69, 9.17) is 0 Å². The van der Waals surface area contributed by atoms with E-state index in [1.54, 1.807) is 0 Å². The maximum Gasteiger partial charge on any atom is 0.244 e. The molecular formula is C25H31N3O2. The number of piperidine rings is 1. The second-order valence-electron chi connectivity index (χ2n) is 8.47. The van der Waals surface area contributed by atoms with E-state index in [1.165, 1.54) is 17.5 Å². The highest BCUT2D eigenvalue weighted by Gasteiger charge is 2.36. The van der Waals surface area contributed by atoms with Crippen molar-refractivity contribution in [3.05, 3.63) is 70.8 Å². The van der Waals surface area contributed by atoms with Crippen molar-refractivity contribution in [2.45, 2.75) is 45.2 Å². The highest BCUT2D eigenvalue weighted by Crippen LogP contribution is 2.32. The molecule has 2 aromatic carbocycles. The van der Waals surface area contributed by atoms with Crippen molar-refractivity contribution < 1.29 is 9.59 Å². The third-order valence-electron chi connectivity index (χ3n) is 6.20. The molecule has 0 aromatic heterocycles. The van der Waals surface area contributed by atoms with Crippen LogP contribution in [0, 0.1) is 6.92 Å². The smallest absolute Gasteiger partial charge is 0.244 e. The largest absolute Gasteiger partial charge is 0.351 e. The second-order valence-corrected chi connectivity index (χ2v) is 8.47. The quantitative estimate of drug-likeness (QED) is 0.831. The molecule has 2 amide bonds. The Morgan fingerprint density at radius 3 is 2.60 bits per heavy atom. The van der Waals surface area contributed by atoms with E-state index in [0.717, 1.165) is 50.0 Å². The number of rotatable bonds is 5. The van der Waals surface area contributed by atoms with Gasteiger partial charge in [-0.1, -0.05) is 54.1 Å². The number of aryl methyl sites for hydroxylation is 1. The third kappa shape index (κ3) is 4.73. The van der Waals surface area contributed by atoms with Crippen LogP contribution in [-0.4, -0.2) is 47.8 Å². The van der Waals surface area contributed by atoms with Gasteiger partial charge in [-0.3, -0.25) is 14.5 Å². The Hall–Kier alpha value is -2.66. The van der Waals surface area contributed by atoms with Gasteiger partial charge in [0, 0.05) is 26.2 Å². The van der Waals surface area contributed by atoms with Gasteiger partial charge in [0.2, 0.25) is 11.8 Å². The molecule has 4 rings (SSSR count). The number of benzene rings is 2. The van der Waals surface area contributed by atoms with Gasteiger partial charge in [0.05, 0.1) is 6.54 Å². The molecule has 0 spiro atoms. The van der Waals surface area contributed by atoms with Gasteiger partial charge in [-0.05, 0) is 49.3 Å². The van der Waals surface area contributed by atoms with E-state index in [1.807, 2.05) is 42.2 Å². The van der Waals surface area contributed by atoms with Crippen LogP contribution >= 0.6 is 0 Å². The normalized spacial score (nSPS) is 19.2. The van der Waals surface area contributed by atoms with Gasteiger partial charge >= 0.3 is 0 Å². The van der Waals surface area contributed by atoms with Crippen LogP contribution < -0.4 is 5.32 Å². The van der Waals surface area contributed by atoms with Crippen molar-refractivity contribution in [2.75, 3.05) is 26.2 Å². The van der Waals surface area contributed by atoms with Gasteiger partial charge < -0.3 is 10.2 Å². The van der Waals surface area contributed by atoms with Gasteiger partial charge in [0.25, 0.3) is 0 Å². The van der Waals surface area contributed by atoms with E-state index in [2.05, 4.69) is 28.4 Å². The number of nitrogens with one attached hydrogen (secondary N) is 1. The molecule has 30 heavy (non-hydrogen) atoms. The van der Waals surface area contributed by atoms with E-state index in [-0.39, 0.29) is 24.4 Å². The van der Waals surface area contributed by atoms with E-state index in [0.29, 0.717) is 6.54 Å². The monoisotopic (exact) mass is 405 g/mol. The molecule has 2 aromatic rings. The van der Waals surface area contributed by atoms with E-state index >= 15 is 0 Å². The number of amides is 2. The SMILES string of the molecule is Cc1cccc(CNC(=O)CN2CCc3ccccc3C2C(=O)N2CCCCC2)c1. The molecule has 2 aliphatic heterocycles. The molecule has 2 heterocycles. The van der Waals surface area contributed by atoms with Crippen LogP contribution in [0.2, 0.25) is 0 Å². The third-order valence-corrected chi connectivity index (χ3v) is 6.20. The number of hydrogen-bond donors (Lipinski definition) is 1. The average Bonchev–Trinajstić information content (AvgIpc) is 2.78. The van der Waals surface area contributed by atoms with Crippen molar-refractivity contribution >= 4 is 11.8 Å². The Balaban J connectivity index is 1.47. The second kappa shape index (κ2) is 9.43. The molecule has 158 valence electrons. The Bertz CT molecular complexity index is 905. The fourth-order valence-electron chi connectivity index (χ4n) is 4.63. The fourth-order valence-corrected chi connectivity index (χ4v) is 4.63. The van der Waals surface area contributed by atoms with Crippen molar-refractivity contribution in [1.82, 2.24) is 15.1 Å². The first kappa shape index (κ1) is 20.6. The summed E-state index contributed by atoms with van der Waals surface area (Å²) < 4.78 is 0. The average molecular weight is 406 g/mol. The van der Waals surface area contributed by atoms with Crippen LogP contribution in [0.5, 0.6) is 0 Å². The zero-order chi connectivity index (χ0) is 20.9. The lowest BCUT2D eigenvalue weighted by Crippen LogP contribution is -2.50. The summed E-state index contributed by atoms with van der Waals surface area (Å²) in [7, 11) is 0. The van der Waals surface area contributed by atoms with Gasteiger partial charge in [-0.25, -0.2) is 0 Å². The van der Waals surface area contributed by atoms with Crippen LogP contribution in [-0.2, 0) is 22.6 Å². The molecule has 0 radical (unpaired) electrons. The summed E-state index contributed by atoms with van der Waals surface area (Å²) >= 11 is 0. The van der Waals surface area contributed by atoms with Gasteiger partial charge in [-0.15, -0.1) is 0 Å². The van der Waals surface area contributed by atoms with Crippen LogP contribution in [0.15, 0.2) is 48.5 Å². The zero-order valence-corrected chi connectivity index (χ0v) is 17.8. The number of hydrogen-bond acceptors (Lipinski definition) is 3. The Labute approximate surface area is 179 Å². The van der Waals surface area contributed by atoms with Gasteiger partial charge in [0.15, 0.2) is 0 Å². The molecule has 5 nitrogen and oxygen atoms in total. The molecule has 1 saturated heterocycles. The van der Waals surface area contributed by atoms with E-state index < -0.39 is 0 Å². The predicted octanol–water partition coefficient (Wildman–Crippen LogP) is 3.22. The predicted molar refractivity (Wildman–Crippen MR) is 118 cm³/mol. The maximum absolute atomic E-state index is 13.5. The molecule has 1 unspecified atom stereocenters. The standard InChI is InChI=1S/C25H31N3O2/c1-19-8-7-9-20(16-19)17-26-23(29)18-28-15-12-21-10-3-4-11-22(21)24(28)25(30)27-13-5-2-6-14-27/h3-4,7-11,16,24H,2,5-6,12-15,17-18H2,1H3,(H,26,29). The zero-order valence-electron chi connectivity index (χ0n) is 17.8. The van der Waals surface area contributed by atoms with E-state index in [9.17, 15) is 9.59 Å². The summed E-state index contributed by atoms with van der Waals surface area (Å²) in [6.07, 6.45) is 4.19. The minimum absolute atomic E-state index is 0.0349. The molecule has 5 heteroatoms. The van der Waals surface area contributed by atoms with Crippen LogP contribution in [0.1, 0.15) is 47.6 Å². The summed E-state index contributed by atoms with van der Waals surface area (Å²) in [6, 6.07) is 16.0. The first-order valence-electron chi connectivity index (χ1n) is 11.0. The first-order chi connectivity index (χ1) is 14.6. The van der Waals surface area contributed by atoms with Crippen molar-refractivity contribution in [2.24, 2.45) is 0 Å². The number of nitrogens with zero attached hydrogens (tertiary/aromatic N) is 2. The van der Waals surface area contributed by atoms with Crippen molar-refractivity contribution in [3.63, 3.8) is 0 Å². The first-order valence-corrected chi connectivity index (χ1v) is 11.0. The van der Waals surface area contributed by atoms with Gasteiger partial charge in [0.1, 0.15) is 6.04 Å². The molecule has 0 bridgehead atoms. The van der Waals surface area contributed by atoms with Crippen molar-refractivity contribution in [1.29, 1.82) is 0 Å². The summed E-state index contributed by atoms with van der Waals surface area (Å²) in [5.74, 6) is 0.112. The lowest BCUT2D eigenvalue weighted by atomic mass is 9.91. The highest BCUT2D eigenvalue weighted by molar-refractivity contribution is 5.85. The topological polar surface area (TPSA) is 52.7 Å². The number of carbonyl (C=O) groups is 2. The van der Waals surface area contributed by atoms with Crippen LogP contribution in [0.3, 0.4) is 0 Å². The molecule has 1 N–H and O–H groups in total. The molecule has 0 saturated carbocycles. The summed E-state index contributed by atoms with van der Waals surface area (Å²) in [4.78, 5) is 30.3. The molecular weight excluding hydrogens is 374 g/mol. The Kier molecular flexibility index (Phi) is 6.48. The lowest BCUT2D eigenvalue weighted by molar-refractivity contribution is -0.139. The Morgan fingerprint density at radius 1 is 1.00 bits per heavy atom. The minimum atomic E-state index is -0.363. The van der Waals surface area contributed by atoms with Crippen molar-refractivity contribution in [3.8, 4) is 0 Å².